The second kappa shape index (κ2) is 2.06. The molecule has 1 fully saturated rings. The summed E-state index contributed by atoms with van der Waals surface area (Å²) in [5, 5.41) is 0. The van der Waals surface area contributed by atoms with Crippen molar-refractivity contribution in [1.82, 2.24) is 0 Å². The second-order valence-corrected chi connectivity index (χ2v) is 2.32. The van der Waals surface area contributed by atoms with E-state index in [2.05, 4.69) is 4.74 Å². The van der Waals surface area contributed by atoms with Gasteiger partial charge in [-0.1, -0.05) is 30.3 Å². The van der Waals surface area contributed by atoms with Gasteiger partial charge in [0.25, 0.3) is 0 Å². The van der Waals surface area contributed by atoms with Crippen LogP contribution in [0.3, 0.4) is 0 Å². The van der Waals surface area contributed by atoms with Gasteiger partial charge in [-0.3, -0.25) is 0 Å². The number of alkyl halides is 1. The average molecular weight is 138 g/mol. The zero-order valence-corrected chi connectivity index (χ0v) is 5.33. The van der Waals surface area contributed by atoms with Crippen LogP contribution in [-0.4, -0.2) is 6.36 Å². The maximum Gasteiger partial charge on any atom is 0.230 e. The molecule has 0 amide bonds. The minimum absolute atomic E-state index is 0.291. The summed E-state index contributed by atoms with van der Waals surface area (Å²) in [7, 11) is 0. The van der Waals surface area contributed by atoms with Crippen molar-refractivity contribution in [2.24, 2.45) is 0 Å². The van der Waals surface area contributed by atoms with E-state index in [1.54, 1.807) is 0 Å². The fourth-order valence-corrected chi connectivity index (χ4v) is 0.967. The Balaban J connectivity index is 2.20. The Hall–Kier alpha value is -0.890. The van der Waals surface area contributed by atoms with Crippen molar-refractivity contribution < 1.29 is 9.13 Å². The molecule has 1 nitrogen and oxygen atoms in total. The molecule has 1 heterocycles. The standard InChI is InChI=1S/C8H7FO/c9-8-7(10-8)6-4-2-1-3-5-6/h1-5,7-8H/t7-,8+/m0/s1. The molecule has 0 bridgehead atoms. The maximum atomic E-state index is 12.2. The topological polar surface area (TPSA) is 12.5 Å². The van der Waals surface area contributed by atoms with Gasteiger partial charge >= 0.3 is 0 Å². The first-order valence-corrected chi connectivity index (χ1v) is 3.22. The Morgan fingerprint density at radius 1 is 1.20 bits per heavy atom. The molecule has 1 aromatic carbocycles. The molecule has 1 saturated heterocycles. The van der Waals surface area contributed by atoms with Crippen LogP contribution in [0, 0.1) is 0 Å². The van der Waals surface area contributed by atoms with E-state index in [9.17, 15) is 4.39 Å². The molecule has 0 aliphatic carbocycles. The number of benzene rings is 1. The molecule has 0 saturated carbocycles. The predicted octanol–water partition coefficient (Wildman–Crippen LogP) is 2.05. The van der Waals surface area contributed by atoms with Crippen LogP contribution in [0.25, 0.3) is 0 Å². The highest BCUT2D eigenvalue weighted by Crippen LogP contribution is 2.38. The van der Waals surface area contributed by atoms with Crippen molar-refractivity contribution in [2.45, 2.75) is 12.5 Å². The van der Waals surface area contributed by atoms with Crippen molar-refractivity contribution in [3.05, 3.63) is 35.9 Å². The van der Waals surface area contributed by atoms with Gasteiger partial charge in [0.15, 0.2) is 0 Å². The number of hydrogen-bond acceptors (Lipinski definition) is 1. The van der Waals surface area contributed by atoms with E-state index >= 15 is 0 Å². The van der Waals surface area contributed by atoms with Gasteiger partial charge in [-0.25, -0.2) is 4.39 Å². The first kappa shape index (κ1) is 5.86. The summed E-state index contributed by atoms with van der Waals surface area (Å²) in [6, 6.07) is 9.39. The lowest BCUT2D eigenvalue weighted by Crippen LogP contribution is -1.79. The number of rotatable bonds is 1. The highest BCUT2D eigenvalue weighted by molar-refractivity contribution is 5.20. The molecular weight excluding hydrogens is 131 g/mol. The predicted molar refractivity (Wildman–Crippen MR) is 35.2 cm³/mol. The average Bonchev–Trinajstić information content (AvgIpc) is 2.69. The van der Waals surface area contributed by atoms with E-state index in [1.165, 1.54) is 0 Å². The highest BCUT2D eigenvalue weighted by atomic mass is 19.2. The summed E-state index contributed by atoms with van der Waals surface area (Å²) in [5.74, 6) is 0. The fraction of sp³-hybridized carbons (Fsp3) is 0.250. The lowest BCUT2D eigenvalue weighted by molar-refractivity contribution is 0.265. The van der Waals surface area contributed by atoms with Crippen molar-refractivity contribution in [1.29, 1.82) is 0 Å². The van der Waals surface area contributed by atoms with Crippen LogP contribution in [0.15, 0.2) is 30.3 Å². The summed E-state index contributed by atoms with van der Waals surface area (Å²) in [5.41, 5.74) is 0.926. The Labute approximate surface area is 58.4 Å². The Kier molecular flexibility index (Phi) is 1.21. The molecule has 1 aliphatic rings. The number of epoxide rings is 1. The van der Waals surface area contributed by atoms with Crippen LogP contribution in [0.4, 0.5) is 4.39 Å². The molecular formula is C8H7FO. The van der Waals surface area contributed by atoms with Crippen molar-refractivity contribution in [3.63, 3.8) is 0 Å². The van der Waals surface area contributed by atoms with Gasteiger partial charge in [0.1, 0.15) is 6.10 Å². The largest absolute Gasteiger partial charge is 0.332 e. The van der Waals surface area contributed by atoms with E-state index in [-0.39, 0.29) is 6.10 Å². The van der Waals surface area contributed by atoms with Gasteiger partial charge < -0.3 is 4.74 Å². The molecule has 0 N–H and O–H groups in total. The molecule has 1 aromatic rings. The Bertz CT molecular complexity index is 222. The second-order valence-electron chi connectivity index (χ2n) is 2.32. The molecule has 0 unspecified atom stereocenters. The van der Waals surface area contributed by atoms with Crippen LogP contribution in [0.1, 0.15) is 11.7 Å². The Morgan fingerprint density at radius 3 is 2.30 bits per heavy atom. The molecule has 2 rings (SSSR count). The lowest BCUT2D eigenvalue weighted by atomic mass is 10.2. The van der Waals surface area contributed by atoms with Crippen molar-refractivity contribution in [2.75, 3.05) is 0 Å². The van der Waals surface area contributed by atoms with E-state index in [0.29, 0.717) is 0 Å². The minimum Gasteiger partial charge on any atom is -0.332 e. The SMILES string of the molecule is F[C@@H]1O[C@H]1c1ccccc1. The summed E-state index contributed by atoms with van der Waals surface area (Å²) in [6.07, 6.45) is -1.36. The molecule has 1 aliphatic heterocycles. The van der Waals surface area contributed by atoms with Crippen LogP contribution in [0.2, 0.25) is 0 Å². The van der Waals surface area contributed by atoms with Gasteiger partial charge in [0.05, 0.1) is 0 Å². The van der Waals surface area contributed by atoms with Crippen molar-refractivity contribution in [3.8, 4) is 0 Å². The molecule has 10 heavy (non-hydrogen) atoms. The van der Waals surface area contributed by atoms with Gasteiger partial charge in [-0.15, -0.1) is 0 Å². The van der Waals surface area contributed by atoms with Crippen molar-refractivity contribution >= 4 is 0 Å². The van der Waals surface area contributed by atoms with Crippen LogP contribution in [-0.2, 0) is 4.74 Å². The first-order valence-electron chi connectivity index (χ1n) is 3.22. The smallest absolute Gasteiger partial charge is 0.230 e. The highest BCUT2D eigenvalue weighted by Gasteiger charge is 2.40. The third kappa shape index (κ3) is 0.907. The van der Waals surface area contributed by atoms with Crippen LogP contribution in [0.5, 0.6) is 0 Å². The minimum atomic E-state index is -1.07. The molecule has 0 spiro atoms. The summed E-state index contributed by atoms with van der Waals surface area (Å²) in [6.45, 7) is 0. The van der Waals surface area contributed by atoms with Crippen LogP contribution < -0.4 is 0 Å². The van der Waals surface area contributed by atoms with E-state index in [0.717, 1.165) is 5.56 Å². The fourth-order valence-electron chi connectivity index (χ4n) is 0.967. The zero-order valence-electron chi connectivity index (χ0n) is 5.33. The quantitative estimate of drug-likeness (QED) is 0.541. The molecule has 2 atom stereocenters. The summed E-state index contributed by atoms with van der Waals surface area (Å²) in [4.78, 5) is 0. The molecule has 0 radical (unpaired) electrons. The maximum absolute atomic E-state index is 12.2. The van der Waals surface area contributed by atoms with Crippen LogP contribution >= 0.6 is 0 Å². The van der Waals surface area contributed by atoms with E-state index in [4.69, 9.17) is 0 Å². The number of hydrogen-bond donors (Lipinski definition) is 0. The van der Waals surface area contributed by atoms with Gasteiger partial charge in [0, 0.05) is 0 Å². The monoisotopic (exact) mass is 138 g/mol. The molecule has 0 aromatic heterocycles. The van der Waals surface area contributed by atoms with Gasteiger partial charge in [-0.2, -0.15) is 0 Å². The molecule has 2 heteroatoms. The third-order valence-corrected chi connectivity index (χ3v) is 1.57. The molecule has 52 valence electrons. The first-order chi connectivity index (χ1) is 4.88. The Morgan fingerprint density at radius 2 is 1.80 bits per heavy atom. The van der Waals surface area contributed by atoms with E-state index < -0.39 is 6.36 Å². The number of ether oxygens (including phenoxy) is 1. The number of halogens is 1. The van der Waals surface area contributed by atoms with Gasteiger partial charge in [-0.05, 0) is 5.56 Å². The summed E-state index contributed by atoms with van der Waals surface area (Å²) < 4.78 is 16.9. The van der Waals surface area contributed by atoms with Gasteiger partial charge in [0.2, 0.25) is 6.36 Å². The normalized spacial score (nSPS) is 30.1. The summed E-state index contributed by atoms with van der Waals surface area (Å²) >= 11 is 0. The lowest BCUT2D eigenvalue weighted by Gasteiger charge is -1.89. The third-order valence-electron chi connectivity index (χ3n) is 1.57. The zero-order chi connectivity index (χ0) is 6.97. The van der Waals surface area contributed by atoms with E-state index in [1.807, 2.05) is 30.3 Å².